The first-order valence-electron chi connectivity index (χ1n) is 20.1. The van der Waals surface area contributed by atoms with Gasteiger partial charge in [0.1, 0.15) is 36.8 Å². The topological polar surface area (TPSA) is 289 Å². The van der Waals surface area contributed by atoms with Crippen LogP contribution < -0.4 is 37.2 Å². The van der Waals surface area contributed by atoms with Crippen LogP contribution >= 0.6 is 0 Å². The molecule has 59 heavy (non-hydrogen) atoms. The first-order valence-corrected chi connectivity index (χ1v) is 20.1. The molecule has 3 heterocycles. The zero-order valence-electron chi connectivity index (χ0n) is 34.1. The maximum Gasteiger partial charge on any atom is 0.322 e. The van der Waals surface area contributed by atoms with Crippen LogP contribution in [0.15, 0.2) is 43.0 Å². The lowest BCUT2D eigenvalue weighted by Crippen LogP contribution is -2.63. The molecular weight excluding hydrogens is 765 g/mol. The molecule has 0 saturated carbocycles. The van der Waals surface area contributed by atoms with Crippen LogP contribution in [0.1, 0.15) is 71.6 Å². The predicted octanol–water partition coefficient (Wildman–Crippen LogP) is -0.474. The Hall–Kier alpha value is -5.82. The van der Waals surface area contributed by atoms with Crippen LogP contribution in [-0.4, -0.2) is 122 Å². The van der Waals surface area contributed by atoms with Crippen molar-refractivity contribution in [3.05, 3.63) is 54.2 Å². The second-order valence-electron chi connectivity index (χ2n) is 15.2. The fourth-order valence-corrected chi connectivity index (χ4v) is 6.83. The van der Waals surface area contributed by atoms with Gasteiger partial charge in [-0.05, 0) is 49.8 Å². The predicted molar refractivity (Wildman–Crippen MR) is 216 cm³/mol. The first kappa shape index (κ1) is 45.9. The average Bonchev–Trinajstić information content (AvgIpc) is 4.02. The highest BCUT2D eigenvalue weighted by Crippen LogP contribution is 2.20. The number of hydrogen-bond donors (Lipinski definition) is 11. The third kappa shape index (κ3) is 12.8. The molecule has 9 atom stereocenters. The lowest BCUT2D eigenvalue weighted by atomic mass is 9.95. The molecule has 1 saturated heterocycles. The van der Waals surface area contributed by atoms with Crippen molar-refractivity contribution in [1.29, 1.82) is 0 Å². The number of amides is 6. The van der Waals surface area contributed by atoms with E-state index in [4.69, 9.17) is 5.11 Å². The summed E-state index contributed by atoms with van der Waals surface area (Å²) < 4.78 is 0. The van der Waals surface area contributed by atoms with E-state index < -0.39 is 96.2 Å². The number of hydrogen-bond acceptors (Lipinski definition) is 10. The van der Waals surface area contributed by atoms with Gasteiger partial charge in [-0.3, -0.25) is 33.6 Å². The van der Waals surface area contributed by atoms with Crippen molar-refractivity contribution in [3.8, 4) is 0 Å². The summed E-state index contributed by atoms with van der Waals surface area (Å²) in [5, 5.41) is 39.4. The molecule has 0 aliphatic carbocycles. The molecule has 0 bridgehead atoms. The SMILES string of the molecule is CC[C@H](C)[C@H](NC(=O)[C@H](Cc1c[nH]c2ccccc12)NC(=O)[C@H](Cc1c[nH]cn1)NC(=O)[C@@H]1CCCN1)C(=O)N[C@H](C(=O)N[C@H](C(=O)NCC(=O)O)[C@@H](C)CC)[C@@H](C)O. The smallest absolute Gasteiger partial charge is 0.322 e. The fourth-order valence-electron chi connectivity index (χ4n) is 6.83. The molecule has 1 aromatic carbocycles. The van der Waals surface area contributed by atoms with Crippen molar-refractivity contribution in [3.63, 3.8) is 0 Å². The third-order valence-electron chi connectivity index (χ3n) is 10.8. The van der Waals surface area contributed by atoms with Crippen molar-refractivity contribution in [2.75, 3.05) is 13.1 Å². The molecule has 0 radical (unpaired) electrons. The molecule has 6 amide bonds. The Morgan fingerprint density at radius 1 is 0.780 bits per heavy atom. The number of imidazole rings is 1. The van der Waals surface area contributed by atoms with Crippen LogP contribution in [0.2, 0.25) is 0 Å². The summed E-state index contributed by atoms with van der Waals surface area (Å²) in [6, 6.07) is 0.545. The molecule has 1 aliphatic heterocycles. The highest BCUT2D eigenvalue weighted by atomic mass is 16.4. The van der Waals surface area contributed by atoms with Gasteiger partial charge in [-0.1, -0.05) is 58.7 Å². The van der Waals surface area contributed by atoms with Gasteiger partial charge < -0.3 is 57.4 Å². The monoisotopic (exact) mass is 822 g/mol. The normalized spacial score (nSPS) is 17.9. The second kappa shape index (κ2) is 21.8. The second-order valence-corrected chi connectivity index (χ2v) is 15.2. The van der Waals surface area contributed by atoms with Crippen LogP contribution in [0.25, 0.3) is 10.9 Å². The molecule has 19 heteroatoms. The van der Waals surface area contributed by atoms with Crippen LogP contribution in [0.3, 0.4) is 0 Å². The number of carboxylic acid groups (broad SMARTS) is 1. The number of para-hydroxylation sites is 1. The number of carbonyl (C=O) groups is 7. The van der Waals surface area contributed by atoms with Crippen LogP contribution in [0, 0.1) is 11.8 Å². The van der Waals surface area contributed by atoms with E-state index in [1.807, 2.05) is 24.3 Å². The third-order valence-corrected chi connectivity index (χ3v) is 10.8. The van der Waals surface area contributed by atoms with E-state index in [-0.39, 0.29) is 18.7 Å². The van der Waals surface area contributed by atoms with Crippen molar-refractivity contribution >= 4 is 52.3 Å². The number of aromatic nitrogens is 3. The number of carboxylic acids is 1. The maximum atomic E-state index is 14.4. The van der Waals surface area contributed by atoms with E-state index in [1.165, 1.54) is 13.3 Å². The van der Waals surface area contributed by atoms with Crippen molar-refractivity contribution in [2.24, 2.45) is 11.8 Å². The number of nitrogens with one attached hydrogen (secondary N) is 9. The van der Waals surface area contributed by atoms with Gasteiger partial charge in [0.2, 0.25) is 35.4 Å². The number of aliphatic hydroxyl groups excluding tert-OH is 1. The van der Waals surface area contributed by atoms with Crippen LogP contribution in [0.4, 0.5) is 0 Å². The van der Waals surface area contributed by atoms with Gasteiger partial charge in [0.15, 0.2) is 0 Å². The van der Waals surface area contributed by atoms with Crippen molar-refractivity contribution < 1.29 is 43.8 Å². The molecule has 4 rings (SSSR count). The lowest BCUT2D eigenvalue weighted by molar-refractivity contribution is -0.139. The largest absolute Gasteiger partial charge is 0.480 e. The minimum Gasteiger partial charge on any atom is -0.480 e. The number of H-pyrrole nitrogens is 2. The number of rotatable bonds is 22. The van der Waals surface area contributed by atoms with E-state index in [1.54, 1.807) is 40.1 Å². The summed E-state index contributed by atoms with van der Waals surface area (Å²) >= 11 is 0. The van der Waals surface area contributed by atoms with E-state index in [9.17, 15) is 38.7 Å². The Morgan fingerprint density at radius 3 is 2.00 bits per heavy atom. The standard InChI is InChI=1S/C40H58N10O9/c1-6-21(3)32(38(57)44-19-31(52)53)49-40(59)34(23(5)51)50-39(58)33(22(4)7-2)48-37(56)29(15-24-17-43-27-12-9-8-11-26(24)27)46-36(55)30(16-25-18-41-20-45-25)47-35(54)28-13-10-14-42-28/h8-9,11-12,17-18,20-23,28-30,32-34,42-43,51H,6-7,10,13-16,19H2,1-5H3,(H,41,45)(H,44,57)(H,46,55)(H,47,54)(H,48,56)(H,49,59)(H,50,58)(H,52,53)/t21-,22-,23+,28-,29-,30-,32-,33-,34-/m0/s1. The Labute approximate surface area is 342 Å². The summed E-state index contributed by atoms with van der Waals surface area (Å²) in [5.74, 6) is -6.44. The molecule has 2 aromatic heterocycles. The van der Waals surface area contributed by atoms with Gasteiger partial charge in [0.05, 0.1) is 24.2 Å². The highest BCUT2D eigenvalue weighted by Gasteiger charge is 2.37. The molecule has 1 aliphatic rings. The lowest BCUT2D eigenvalue weighted by Gasteiger charge is -2.31. The highest BCUT2D eigenvalue weighted by molar-refractivity contribution is 5.97. The van der Waals surface area contributed by atoms with Crippen LogP contribution in [-0.2, 0) is 46.4 Å². The van der Waals surface area contributed by atoms with Crippen LogP contribution in [0.5, 0.6) is 0 Å². The number of carbonyl (C=O) groups excluding carboxylic acids is 6. The maximum absolute atomic E-state index is 14.4. The van der Waals surface area contributed by atoms with Gasteiger partial charge in [-0.25, -0.2) is 4.98 Å². The Kier molecular flexibility index (Phi) is 17.0. The Bertz CT molecular complexity index is 1910. The number of aromatic amines is 2. The van der Waals surface area contributed by atoms with Crippen molar-refractivity contribution in [1.82, 2.24) is 52.2 Å². The van der Waals surface area contributed by atoms with E-state index in [2.05, 4.69) is 52.2 Å². The molecule has 0 unspecified atom stereocenters. The quantitative estimate of drug-likeness (QED) is 0.0616. The van der Waals surface area contributed by atoms with Gasteiger partial charge in [-0.15, -0.1) is 0 Å². The van der Waals surface area contributed by atoms with Gasteiger partial charge in [-0.2, -0.15) is 0 Å². The molecular formula is C40H58N10O9. The van der Waals surface area contributed by atoms with Gasteiger partial charge in [0.25, 0.3) is 0 Å². The summed E-state index contributed by atoms with van der Waals surface area (Å²) in [5.41, 5.74) is 2.00. The van der Waals surface area contributed by atoms with Gasteiger partial charge >= 0.3 is 5.97 Å². The summed E-state index contributed by atoms with van der Waals surface area (Å²) in [6.45, 7) is 8.24. The number of fused-ring (bicyclic) bond motifs is 1. The summed E-state index contributed by atoms with van der Waals surface area (Å²) in [4.78, 5) is 104. The zero-order valence-corrected chi connectivity index (χ0v) is 34.1. The molecule has 322 valence electrons. The molecule has 1 fully saturated rings. The van der Waals surface area contributed by atoms with E-state index >= 15 is 0 Å². The average molecular weight is 823 g/mol. The summed E-state index contributed by atoms with van der Waals surface area (Å²) in [6.07, 6.45) is 5.58. The minimum absolute atomic E-state index is 0.0106. The summed E-state index contributed by atoms with van der Waals surface area (Å²) in [7, 11) is 0. The Morgan fingerprint density at radius 2 is 1.39 bits per heavy atom. The number of aliphatic carboxylic acids is 1. The zero-order chi connectivity index (χ0) is 43.2. The molecule has 0 spiro atoms. The Balaban J connectivity index is 1.59. The first-order chi connectivity index (χ1) is 28.1. The molecule has 3 aromatic rings. The van der Waals surface area contributed by atoms with E-state index in [0.717, 1.165) is 17.3 Å². The molecule has 19 nitrogen and oxygen atoms in total. The van der Waals surface area contributed by atoms with Gasteiger partial charge in [0, 0.05) is 36.1 Å². The fraction of sp³-hybridized carbons (Fsp3) is 0.550. The number of aliphatic hydroxyl groups is 1. The number of nitrogens with zero attached hydrogens (tertiary/aromatic N) is 1. The minimum atomic E-state index is -1.58. The van der Waals surface area contributed by atoms with E-state index in [0.29, 0.717) is 37.1 Å². The van der Waals surface area contributed by atoms with Crippen molar-refractivity contribution in [2.45, 2.75) is 115 Å². The number of benzene rings is 1. The molecule has 11 N–H and O–H groups in total.